The van der Waals surface area contributed by atoms with Gasteiger partial charge in [0, 0.05) is 25.4 Å². The Morgan fingerprint density at radius 1 is 1.19 bits per heavy atom. The standard InChI is InChI=1S/C23H23N5O2S/c1-13-2-6-18-19(10-13)26-23(25-18)31-20-7-5-15(30-20)11-28-9-8-17-16(12-28)22(29)27-21(24-17)14-3-4-14/h2,5-7,10,14H,3-4,8-9,11-12H2,1H3,(H,25,26)(H,24,27,29). The molecule has 0 atom stereocenters. The lowest BCUT2D eigenvalue weighted by Crippen LogP contribution is -2.35. The second-order valence-corrected chi connectivity index (χ2v) is 9.49. The van der Waals surface area contributed by atoms with E-state index in [4.69, 9.17) is 9.40 Å². The highest BCUT2D eigenvalue weighted by Gasteiger charge is 2.29. The lowest BCUT2D eigenvalue weighted by atomic mass is 10.1. The van der Waals surface area contributed by atoms with E-state index in [2.05, 4.69) is 38.9 Å². The fourth-order valence-electron chi connectivity index (χ4n) is 4.15. The molecule has 0 amide bonds. The van der Waals surface area contributed by atoms with E-state index in [1.54, 1.807) is 0 Å². The van der Waals surface area contributed by atoms with Crippen LogP contribution in [0.3, 0.4) is 0 Å². The minimum atomic E-state index is 0.0208. The van der Waals surface area contributed by atoms with E-state index in [1.807, 2.05) is 18.2 Å². The van der Waals surface area contributed by atoms with E-state index in [1.165, 1.54) is 17.3 Å². The maximum atomic E-state index is 12.6. The molecule has 1 aromatic carbocycles. The van der Waals surface area contributed by atoms with E-state index in [0.29, 0.717) is 19.0 Å². The zero-order valence-corrected chi connectivity index (χ0v) is 18.1. The van der Waals surface area contributed by atoms with Crippen molar-refractivity contribution in [1.82, 2.24) is 24.8 Å². The molecular formula is C23H23N5O2S. The summed E-state index contributed by atoms with van der Waals surface area (Å²) in [5.74, 6) is 2.23. The Labute approximate surface area is 183 Å². The Morgan fingerprint density at radius 3 is 2.97 bits per heavy atom. The minimum absolute atomic E-state index is 0.0208. The fourth-order valence-corrected chi connectivity index (χ4v) is 4.93. The average molecular weight is 434 g/mol. The van der Waals surface area contributed by atoms with Gasteiger partial charge >= 0.3 is 0 Å². The van der Waals surface area contributed by atoms with Crippen molar-refractivity contribution in [3.05, 3.63) is 69.1 Å². The van der Waals surface area contributed by atoms with Gasteiger partial charge in [-0.15, -0.1) is 0 Å². The first-order chi connectivity index (χ1) is 15.1. The van der Waals surface area contributed by atoms with Gasteiger partial charge < -0.3 is 14.4 Å². The Hall–Kier alpha value is -2.84. The molecule has 1 fully saturated rings. The van der Waals surface area contributed by atoms with Gasteiger partial charge in [-0.2, -0.15) is 0 Å². The van der Waals surface area contributed by atoms with Crippen molar-refractivity contribution in [2.24, 2.45) is 0 Å². The van der Waals surface area contributed by atoms with Crippen LogP contribution in [0.4, 0.5) is 0 Å². The van der Waals surface area contributed by atoms with Crippen LogP contribution >= 0.6 is 11.8 Å². The molecule has 3 aromatic heterocycles. The van der Waals surface area contributed by atoms with Gasteiger partial charge in [-0.05, 0) is 61.4 Å². The number of nitrogens with zero attached hydrogens (tertiary/aromatic N) is 3. The topological polar surface area (TPSA) is 90.8 Å². The Balaban J connectivity index is 1.14. The second kappa shape index (κ2) is 7.39. The molecule has 4 aromatic rings. The van der Waals surface area contributed by atoms with Crippen molar-refractivity contribution in [3.8, 4) is 0 Å². The molecule has 2 aliphatic rings. The first-order valence-corrected chi connectivity index (χ1v) is 11.5. The van der Waals surface area contributed by atoms with Crippen molar-refractivity contribution in [2.45, 2.75) is 55.4 Å². The predicted octanol–water partition coefficient (Wildman–Crippen LogP) is 4.13. The van der Waals surface area contributed by atoms with E-state index < -0.39 is 0 Å². The number of aromatic amines is 2. The Bertz CT molecular complexity index is 1330. The average Bonchev–Trinajstić information content (AvgIpc) is 3.40. The molecule has 31 heavy (non-hydrogen) atoms. The molecule has 4 heterocycles. The molecule has 7 nitrogen and oxygen atoms in total. The van der Waals surface area contributed by atoms with E-state index in [9.17, 15) is 4.79 Å². The largest absolute Gasteiger partial charge is 0.453 e. The van der Waals surface area contributed by atoms with Crippen molar-refractivity contribution < 1.29 is 4.42 Å². The maximum absolute atomic E-state index is 12.6. The Kier molecular flexibility index (Phi) is 4.50. The number of aromatic nitrogens is 4. The molecule has 1 aliphatic carbocycles. The van der Waals surface area contributed by atoms with Crippen molar-refractivity contribution in [1.29, 1.82) is 0 Å². The summed E-state index contributed by atoms with van der Waals surface area (Å²) >= 11 is 1.49. The van der Waals surface area contributed by atoms with Crippen LogP contribution in [0.2, 0.25) is 0 Å². The number of fused-ring (bicyclic) bond motifs is 2. The molecule has 8 heteroatoms. The number of nitrogens with one attached hydrogen (secondary N) is 2. The van der Waals surface area contributed by atoms with Gasteiger partial charge in [-0.25, -0.2) is 9.97 Å². The van der Waals surface area contributed by atoms with E-state index in [0.717, 1.165) is 69.9 Å². The molecule has 0 bridgehead atoms. The summed E-state index contributed by atoms with van der Waals surface area (Å²) in [5, 5.41) is 1.62. The van der Waals surface area contributed by atoms with Gasteiger partial charge in [-0.3, -0.25) is 9.69 Å². The molecule has 1 saturated carbocycles. The summed E-state index contributed by atoms with van der Waals surface area (Å²) in [6.45, 7) is 4.22. The number of hydrogen-bond donors (Lipinski definition) is 2. The first-order valence-electron chi connectivity index (χ1n) is 10.7. The third kappa shape index (κ3) is 3.81. The van der Waals surface area contributed by atoms with Gasteiger partial charge in [0.15, 0.2) is 10.2 Å². The summed E-state index contributed by atoms with van der Waals surface area (Å²) in [5.41, 5.74) is 4.98. The molecule has 0 spiro atoms. The minimum Gasteiger partial charge on any atom is -0.453 e. The van der Waals surface area contributed by atoms with Crippen LogP contribution in [0, 0.1) is 6.92 Å². The van der Waals surface area contributed by atoms with Crippen LogP contribution in [0.1, 0.15) is 47.2 Å². The van der Waals surface area contributed by atoms with Crippen molar-refractivity contribution in [2.75, 3.05) is 6.54 Å². The highest BCUT2D eigenvalue weighted by atomic mass is 32.2. The van der Waals surface area contributed by atoms with Crippen LogP contribution in [-0.4, -0.2) is 31.4 Å². The summed E-state index contributed by atoms with van der Waals surface area (Å²) in [7, 11) is 0. The number of H-pyrrole nitrogens is 2. The van der Waals surface area contributed by atoms with Crippen molar-refractivity contribution >= 4 is 22.8 Å². The Morgan fingerprint density at radius 2 is 2.10 bits per heavy atom. The van der Waals surface area contributed by atoms with Gasteiger partial charge in [0.05, 0.1) is 28.8 Å². The zero-order chi connectivity index (χ0) is 20.9. The number of aryl methyl sites for hydroxylation is 1. The van der Waals surface area contributed by atoms with Crippen LogP contribution in [-0.2, 0) is 19.5 Å². The van der Waals surface area contributed by atoms with Crippen molar-refractivity contribution in [3.63, 3.8) is 0 Å². The lowest BCUT2D eigenvalue weighted by Gasteiger charge is -2.26. The van der Waals surface area contributed by atoms with Crippen LogP contribution in [0.15, 0.2) is 49.8 Å². The molecule has 0 saturated heterocycles. The molecule has 6 rings (SSSR count). The normalized spacial score (nSPS) is 16.7. The second-order valence-electron chi connectivity index (χ2n) is 8.50. The first kappa shape index (κ1) is 18.9. The fraction of sp³-hybridized carbons (Fsp3) is 0.348. The number of hydrogen-bond acceptors (Lipinski definition) is 6. The third-order valence-electron chi connectivity index (χ3n) is 5.96. The lowest BCUT2D eigenvalue weighted by molar-refractivity contribution is 0.217. The van der Waals surface area contributed by atoms with Gasteiger partial charge in [0.1, 0.15) is 11.6 Å². The van der Waals surface area contributed by atoms with Gasteiger partial charge in [-0.1, -0.05) is 6.07 Å². The van der Waals surface area contributed by atoms with Gasteiger partial charge in [0.2, 0.25) is 0 Å². The monoisotopic (exact) mass is 433 g/mol. The highest BCUT2D eigenvalue weighted by Crippen LogP contribution is 2.38. The highest BCUT2D eigenvalue weighted by molar-refractivity contribution is 7.99. The summed E-state index contributed by atoms with van der Waals surface area (Å²) < 4.78 is 6.05. The van der Waals surface area contributed by atoms with Crippen LogP contribution in [0.5, 0.6) is 0 Å². The molecule has 0 unspecified atom stereocenters. The van der Waals surface area contributed by atoms with Gasteiger partial charge in [0.25, 0.3) is 5.56 Å². The predicted molar refractivity (Wildman–Crippen MR) is 118 cm³/mol. The SMILES string of the molecule is Cc1ccc2nc(Sc3ccc(CN4CCc5nc(C6CC6)[nH]c(=O)c5C4)o3)[nH]c2c1. The number of rotatable bonds is 5. The molecule has 0 radical (unpaired) electrons. The third-order valence-corrected chi connectivity index (χ3v) is 6.77. The summed E-state index contributed by atoms with van der Waals surface area (Å²) in [6, 6.07) is 10.2. The smallest absolute Gasteiger partial charge is 0.255 e. The molecule has 158 valence electrons. The van der Waals surface area contributed by atoms with Crippen LogP contribution in [0.25, 0.3) is 11.0 Å². The summed E-state index contributed by atoms with van der Waals surface area (Å²) in [6.07, 6.45) is 3.08. The zero-order valence-electron chi connectivity index (χ0n) is 17.3. The number of imidazole rings is 1. The van der Waals surface area contributed by atoms with E-state index >= 15 is 0 Å². The van der Waals surface area contributed by atoms with E-state index in [-0.39, 0.29) is 5.56 Å². The summed E-state index contributed by atoms with van der Waals surface area (Å²) in [4.78, 5) is 30.5. The number of furan rings is 1. The quantitative estimate of drug-likeness (QED) is 0.492. The molecule has 2 N–H and O–H groups in total. The van der Waals surface area contributed by atoms with Crippen LogP contribution < -0.4 is 5.56 Å². The molecule has 1 aliphatic heterocycles. The molecular weight excluding hydrogens is 410 g/mol. The number of benzene rings is 1. The maximum Gasteiger partial charge on any atom is 0.255 e.